The molecule has 6 atom stereocenters. The van der Waals surface area contributed by atoms with Crippen molar-refractivity contribution in [2.24, 2.45) is 29.1 Å². The number of fused-ring (bicyclic) bond motifs is 8. The molecule has 2 N–H and O–H groups in total. The van der Waals surface area contributed by atoms with Crippen LogP contribution in [0.4, 0.5) is 0 Å². The molecule has 2 unspecified atom stereocenters. The normalized spacial score (nSPS) is 24.9. The number of esters is 1. The van der Waals surface area contributed by atoms with Gasteiger partial charge < -0.3 is 29.2 Å². The number of likely N-dealkylation sites (tertiary alicyclic amines) is 1. The fraction of sp³-hybridized carbons (Fsp3) is 0.592. The van der Waals surface area contributed by atoms with Gasteiger partial charge >= 0.3 is 5.97 Å². The number of thiazole rings is 1. The van der Waals surface area contributed by atoms with Crippen LogP contribution in [0.2, 0.25) is 0 Å². The highest BCUT2D eigenvalue weighted by Gasteiger charge is 2.48. The number of rotatable bonds is 9. The summed E-state index contributed by atoms with van der Waals surface area (Å²) in [6.45, 7) is 15.2. The van der Waals surface area contributed by atoms with E-state index in [2.05, 4.69) is 72.3 Å². The van der Waals surface area contributed by atoms with E-state index in [-0.39, 0.29) is 60.5 Å². The summed E-state index contributed by atoms with van der Waals surface area (Å²) in [5.41, 5.74) is 9.47. The number of carbonyl (C=O) groups excluding carboxylic acids is 4. The molecule has 8 bridgehead atoms. The number of cyclic esters (lactones) is 1. The molecule has 15 heteroatoms. The number of hydrazine groups is 1. The topological polar surface area (TPSA) is 151 Å². The van der Waals surface area contributed by atoms with Crippen LogP contribution in [0.25, 0.3) is 33.4 Å². The molecule has 2 saturated heterocycles. The van der Waals surface area contributed by atoms with Crippen molar-refractivity contribution in [1.82, 2.24) is 40.1 Å². The number of hydrogen-bond donors (Lipinski definition) is 2. The van der Waals surface area contributed by atoms with E-state index in [0.717, 1.165) is 70.6 Å². The summed E-state index contributed by atoms with van der Waals surface area (Å²) in [5, 5.41) is 8.33. The fourth-order valence-corrected chi connectivity index (χ4v) is 11.8. The summed E-state index contributed by atoms with van der Waals surface area (Å²) >= 11 is 1.44. The lowest BCUT2D eigenvalue weighted by Gasteiger charge is -2.40. The maximum absolute atomic E-state index is 14.7. The average Bonchev–Trinajstić information content (AvgIpc) is 3.95. The van der Waals surface area contributed by atoms with Crippen LogP contribution in [0.15, 0.2) is 41.9 Å². The van der Waals surface area contributed by atoms with Crippen LogP contribution in [0.3, 0.4) is 0 Å². The molecule has 6 heterocycles. The Morgan fingerprint density at radius 2 is 1.86 bits per heavy atom. The van der Waals surface area contributed by atoms with E-state index >= 15 is 0 Å². The second-order valence-electron chi connectivity index (χ2n) is 19.8. The number of amides is 3. The molecule has 14 nitrogen and oxygen atoms in total. The standard InChI is InChI=1S/C49H66N8O6S/c1-10-56-39-18-17-30-21-34(39)35(44(56)33-13-11-19-50-42(33)29(4)62-9)23-49(5,6)27-63-48(61)36-14-12-20-57(53-36)46(59)37(22-40-51-38(30)26-64-40)52-45(58)43(28(2)3)55(8)47(60)41-31-15-16-32(41)25-54(7)24-31/h11,13,17-19,21,26,28-29,31-32,36-37,41,43,53H,10,12,14-16,20,22-25,27H2,1-9H3,(H,52,58)/t29-,31?,32?,36-,37-,41?,43-/m0/s1. The first-order valence-corrected chi connectivity index (χ1v) is 24.0. The minimum absolute atomic E-state index is 0.00390. The first-order valence-electron chi connectivity index (χ1n) is 23.2. The summed E-state index contributed by atoms with van der Waals surface area (Å²) in [4.78, 5) is 71.3. The number of nitrogens with zero attached hydrogens (tertiary/aromatic N) is 6. The highest BCUT2D eigenvalue weighted by Crippen LogP contribution is 2.44. The third-order valence-corrected chi connectivity index (χ3v) is 15.0. The number of aromatic nitrogens is 3. The lowest BCUT2D eigenvalue weighted by atomic mass is 9.83. The Morgan fingerprint density at radius 1 is 1.11 bits per heavy atom. The van der Waals surface area contributed by atoms with E-state index in [1.54, 1.807) is 25.3 Å². The van der Waals surface area contributed by atoms with Gasteiger partial charge in [0.15, 0.2) is 0 Å². The smallest absolute Gasteiger partial charge is 0.324 e. The van der Waals surface area contributed by atoms with Crippen LogP contribution < -0.4 is 10.7 Å². The van der Waals surface area contributed by atoms with Gasteiger partial charge in [-0.1, -0.05) is 33.8 Å². The summed E-state index contributed by atoms with van der Waals surface area (Å²) in [5.74, 6) is -0.969. The second-order valence-corrected chi connectivity index (χ2v) is 20.7. The predicted octanol–water partition coefficient (Wildman–Crippen LogP) is 6.27. The van der Waals surface area contributed by atoms with Crippen molar-refractivity contribution in [1.29, 1.82) is 0 Å². The molecular formula is C49H66N8O6S. The van der Waals surface area contributed by atoms with E-state index in [9.17, 15) is 19.2 Å². The maximum Gasteiger partial charge on any atom is 0.324 e. The van der Waals surface area contributed by atoms with Gasteiger partial charge in [-0.2, -0.15) is 0 Å². The molecule has 0 radical (unpaired) electrons. The van der Waals surface area contributed by atoms with Crippen molar-refractivity contribution in [2.75, 3.05) is 47.4 Å². The van der Waals surface area contributed by atoms with Crippen LogP contribution in [0.1, 0.15) is 89.6 Å². The number of pyridine rings is 1. The summed E-state index contributed by atoms with van der Waals surface area (Å²) < 4.78 is 14.3. The minimum Gasteiger partial charge on any atom is -0.464 e. The lowest BCUT2D eigenvalue weighted by molar-refractivity contribution is -0.155. The third-order valence-electron chi connectivity index (χ3n) is 14.1. The van der Waals surface area contributed by atoms with Gasteiger partial charge in [-0.05, 0) is 101 Å². The number of methoxy groups -OCH3 is 1. The number of hydrogen-bond acceptors (Lipinski definition) is 11. The van der Waals surface area contributed by atoms with Crippen LogP contribution in [-0.4, -0.2) is 119 Å². The summed E-state index contributed by atoms with van der Waals surface area (Å²) in [6, 6.07) is 7.94. The number of benzene rings is 1. The Labute approximate surface area is 381 Å². The van der Waals surface area contributed by atoms with E-state index in [1.807, 2.05) is 32.2 Å². The number of aryl methyl sites for hydroxylation is 1. The maximum atomic E-state index is 14.7. The molecule has 1 saturated carbocycles. The number of nitrogens with one attached hydrogen (secondary N) is 2. The Hall–Kier alpha value is -4.70. The second kappa shape index (κ2) is 18.7. The lowest BCUT2D eigenvalue weighted by Crippen LogP contribution is -2.62. The molecule has 3 fully saturated rings. The first kappa shape index (κ1) is 45.9. The molecule has 0 spiro atoms. The molecule has 1 aliphatic carbocycles. The van der Waals surface area contributed by atoms with Crippen molar-refractivity contribution < 1.29 is 28.7 Å². The molecule has 3 aromatic heterocycles. The summed E-state index contributed by atoms with van der Waals surface area (Å²) in [7, 11) is 5.55. The van der Waals surface area contributed by atoms with Gasteiger partial charge in [-0.15, -0.1) is 11.3 Å². The number of piperidine rings is 1. The van der Waals surface area contributed by atoms with Gasteiger partial charge in [-0.25, -0.2) is 10.4 Å². The van der Waals surface area contributed by atoms with E-state index in [4.69, 9.17) is 19.4 Å². The van der Waals surface area contributed by atoms with Gasteiger partial charge in [-0.3, -0.25) is 29.2 Å². The van der Waals surface area contributed by atoms with Crippen molar-refractivity contribution in [2.45, 2.75) is 111 Å². The molecule has 4 aliphatic rings. The van der Waals surface area contributed by atoms with Gasteiger partial charge in [0, 0.05) is 91.7 Å². The zero-order valence-electron chi connectivity index (χ0n) is 39.0. The Bertz CT molecular complexity index is 2380. The largest absolute Gasteiger partial charge is 0.464 e. The number of carbonyl (C=O) groups is 4. The predicted molar refractivity (Wildman–Crippen MR) is 248 cm³/mol. The van der Waals surface area contributed by atoms with Gasteiger partial charge in [0.2, 0.25) is 11.8 Å². The molecule has 8 rings (SSSR count). The van der Waals surface area contributed by atoms with Crippen molar-refractivity contribution in [3.05, 3.63) is 58.2 Å². The highest BCUT2D eigenvalue weighted by atomic mass is 32.1. The van der Waals surface area contributed by atoms with E-state index in [0.29, 0.717) is 37.4 Å². The Balaban J connectivity index is 1.17. The SMILES string of the molecule is CCn1c(-c2cccnc2[C@H](C)OC)c2c3cc(ccc31)-c1csc(n1)C[C@H](NC(=O)[C@H](C(C)C)N(C)C(=O)C1C3CCC1CN(C)C3)C(=O)N1CCC[C@H](N1)C(=O)OCC(C)(C)C2. The summed E-state index contributed by atoms with van der Waals surface area (Å²) in [6.07, 6.45) is 5.38. The monoisotopic (exact) mass is 894 g/mol. The van der Waals surface area contributed by atoms with Crippen LogP contribution in [-0.2, 0) is 48.0 Å². The molecule has 1 aromatic carbocycles. The number of likely N-dealkylation sites (N-methyl/N-ethyl adjacent to an activating group) is 1. The van der Waals surface area contributed by atoms with Crippen LogP contribution in [0.5, 0.6) is 0 Å². The van der Waals surface area contributed by atoms with Crippen LogP contribution in [0, 0.1) is 29.1 Å². The first-order chi connectivity index (χ1) is 30.6. The zero-order chi connectivity index (χ0) is 45.6. The molecule has 4 aromatic rings. The third kappa shape index (κ3) is 8.97. The zero-order valence-corrected chi connectivity index (χ0v) is 39.8. The molecule has 344 valence electrons. The molecule has 3 aliphatic heterocycles. The Kier molecular flexibility index (Phi) is 13.4. The fourth-order valence-electron chi connectivity index (χ4n) is 11.0. The molecule has 64 heavy (non-hydrogen) atoms. The van der Waals surface area contributed by atoms with Crippen molar-refractivity contribution in [3.63, 3.8) is 0 Å². The van der Waals surface area contributed by atoms with Gasteiger partial charge in [0.1, 0.15) is 18.1 Å². The Morgan fingerprint density at radius 3 is 2.56 bits per heavy atom. The number of ether oxygens (including phenoxy) is 2. The van der Waals surface area contributed by atoms with Gasteiger partial charge in [0.25, 0.3) is 5.91 Å². The van der Waals surface area contributed by atoms with E-state index in [1.165, 1.54) is 16.3 Å². The van der Waals surface area contributed by atoms with Gasteiger partial charge in [0.05, 0.1) is 34.8 Å². The van der Waals surface area contributed by atoms with Crippen LogP contribution >= 0.6 is 11.3 Å². The van der Waals surface area contributed by atoms with Crippen molar-refractivity contribution >= 4 is 45.9 Å². The van der Waals surface area contributed by atoms with Crippen molar-refractivity contribution in [3.8, 4) is 22.5 Å². The quantitative estimate of drug-likeness (QED) is 0.184. The van der Waals surface area contributed by atoms with E-state index < -0.39 is 29.5 Å². The molecule has 3 amide bonds. The minimum atomic E-state index is -1.02. The molecular weight excluding hydrogens is 829 g/mol. The highest BCUT2D eigenvalue weighted by molar-refractivity contribution is 7.10. The average molecular weight is 895 g/mol.